The molecule has 0 aromatic heterocycles. The van der Waals surface area contributed by atoms with Crippen LogP contribution in [0.25, 0.3) is 0 Å². The molecule has 0 saturated carbocycles. The second-order valence-electron chi connectivity index (χ2n) is 5.35. The van der Waals surface area contributed by atoms with Gasteiger partial charge < -0.3 is 11.1 Å². The van der Waals surface area contributed by atoms with E-state index in [1.165, 1.54) is 0 Å². The zero-order chi connectivity index (χ0) is 11.4. The van der Waals surface area contributed by atoms with Gasteiger partial charge in [0.1, 0.15) is 0 Å². The van der Waals surface area contributed by atoms with E-state index in [0.717, 1.165) is 6.42 Å². The minimum absolute atomic E-state index is 0.0664. The van der Waals surface area contributed by atoms with Crippen LogP contribution in [0.4, 0.5) is 0 Å². The van der Waals surface area contributed by atoms with E-state index >= 15 is 0 Å². The SMILES string of the molecule is CC(C)CC(N)CNC(=O)C(C)(C)C. The number of nitrogens with two attached hydrogens (primary N) is 1. The van der Waals surface area contributed by atoms with Crippen molar-refractivity contribution in [1.82, 2.24) is 5.32 Å². The van der Waals surface area contributed by atoms with Gasteiger partial charge in [-0.25, -0.2) is 0 Å². The molecule has 0 saturated heterocycles. The van der Waals surface area contributed by atoms with Crippen LogP contribution in [-0.2, 0) is 4.79 Å². The number of nitrogens with one attached hydrogen (secondary N) is 1. The van der Waals surface area contributed by atoms with Gasteiger partial charge in [-0.15, -0.1) is 0 Å². The van der Waals surface area contributed by atoms with E-state index in [9.17, 15) is 4.79 Å². The normalized spacial score (nSPS) is 14.2. The van der Waals surface area contributed by atoms with Crippen LogP contribution in [0.5, 0.6) is 0 Å². The molecule has 84 valence electrons. The van der Waals surface area contributed by atoms with Crippen molar-refractivity contribution >= 4 is 5.91 Å². The standard InChI is InChI=1S/C11H24N2O/c1-8(2)6-9(12)7-13-10(14)11(3,4)5/h8-9H,6-7,12H2,1-5H3,(H,13,14). The predicted octanol–water partition coefficient (Wildman–Crippen LogP) is 1.52. The van der Waals surface area contributed by atoms with Crippen LogP contribution in [0.3, 0.4) is 0 Å². The smallest absolute Gasteiger partial charge is 0.225 e. The average Bonchev–Trinajstić information content (AvgIpc) is 1.96. The fourth-order valence-corrected chi connectivity index (χ4v) is 1.18. The summed E-state index contributed by atoms with van der Waals surface area (Å²) in [7, 11) is 0. The van der Waals surface area contributed by atoms with Crippen molar-refractivity contribution in [2.75, 3.05) is 6.54 Å². The Bertz CT molecular complexity index is 182. The lowest BCUT2D eigenvalue weighted by atomic mass is 9.95. The molecule has 0 spiro atoms. The maximum Gasteiger partial charge on any atom is 0.225 e. The van der Waals surface area contributed by atoms with Crippen molar-refractivity contribution in [1.29, 1.82) is 0 Å². The fourth-order valence-electron chi connectivity index (χ4n) is 1.18. The van der Waals surface area contributed by atoms with Gasteiger partial charge in [-0.3, -0.25) is 4.79 Å². The fraction of sp³-hybridized carbons (Fsp3) is 0.909. The Kier molecular flexibility index (Phi) is 5.13. The van der Waals surface area contributed by atoms with Gasteiger partial charge in [-0.05, 0) is 12.3 Å². The van der Waals surface area contributed by atoms with E-state index in [0.29, 0.717) is 12.5 Å². The lowest BCUT2D eigenvalue weighted by Gasteiger charge is -2.20. The second-order valence-corrected chi connectivity index (χ2v) is 5.35. The summed E-state index contributed by atoms with van der Waals surface area (Å²) in [5, 5.41) is 2.86. The largest absolute Gasteiger partial charge is 0.354 e. The van der Waals surface area contributed by atoms with Crippen LogP contribution in [-0.4, -0.2) is 18.5 Å². The first-order valence-electron chi connectivity index (χ1n) is 5.27. The molecule has 0 heterocycles. The van der Waals surface area contributed by atoms with Gasteiger partial charge in [0.2, 0.25) is 5.91 Å². The predicted molar refractivity (Wildman–Crippen MR) is 59.9 cm³/mol. The number of carbonyl (C=O) groups excluding carboxylic acids is 1. The molecule has 0 aliphatic rings. The topological polar surface area (TPSA) is 55.1 Å². The Morgan fingerprint density at radius 3 is 2.21 bits per heavy atom. The summed E-state index contributed by atoms with van der Waals surface area (Å²) in [6.07, 6.45) is 0.949. The molecular formula is C11H24N2O. The maximum absolute atomic E-state index is 11.5. The lowest BCUT2D eigenvalue weighted by Crippen LogP contribution is -2.42. The summed E-state index contributed by atoms with van der Waals surface area (Å²) in [4.78, 5) is 11.5. The molecule has 0 aliphatic heterocycles. The summed E-state index contributed by atoms with van der Waals surface area (Å²) in [6, 6.07) is 0.0706. The molecule has 1 unspecified atom stereocenters. The van der Waals surface area contributed by atoms with E-state index in [2.05, 4.69) is 19.2 Å². The molecule has 0 aromatic carbocycles. The molecule has 1 atom stereocenters. The minimum atomic E-state index is -0.322. The summed E-state index contributed by atoms with van der Waals surface area (Å²) in [5.41, 5.74) is 5.53. The molecule has 3 nitrogen and oxygen atoms in total. The van der Waals surface area contributed by atoms with Gasteiger partial charge in [0.15, 0.2) is 0 Å². The van der Waals surface area contributed by atoms with Gasteiger partial charge in [-0.2, -0.15) is 0 Å². The first-order chi connectivity index (χ1) is 6.23. The van der Waals surface area contributed by atoms with Gasteiger partial charge in [-0.1, -0.05) is 34.6 Å². The highest BCUT2D eigenvalue weighted by atomic mass is 16.2. The van der Waals surface area contributed by atoms with Crippen molar-refractivity contribution in [3.05, 3.63) is 0 Å². The first kappa shape index (κ1) is 13.4. The van der Waals surface area contributed by atoms with E-state index < -0.39 is 0 Å². The Morgan fingerprint density at radius 2 is 1.86 bits per heavy atom. The van der Waals surface area contributed by atoms with Crippen LogP contribution in [0, 0.1) is 11.3 Å². The van der Waals surface area contributed by atoms with E-state index in [-0.39, 0.29) is 17.4 Å². The van der Waals surface area contributed by atoms with E-state index in [1.807, 2.05) is 20.8 Å². The van der Waals surface area contributed by atoms with Crippen molar-refractivity contribution in [2.45, 2.75) is 47.1 Å². The summed E-state index contributed by atoms with van der Waals surface area (Å²) < 4.78 is 0. The highest BCUT2D eigenvalue weighted by Gasteiger charge is 2.21. The number of hydrogen-bond acceptors (Lipinski definition) is 2. The molecule has 0 aliphatic carbocycles. The van der Waals surface area contributed by atoms with Crippen LogP contribution in [0.2, 0.25) is 0 Å². The summed E-state index contributed by atoms with van der Waals surface area (Å²) in [6.45, 7) is 10.5. The lowest BCUT2D eigenvalue weighted by molar-refractivity contribution is -0.128. The third-order valence-corrected chi connectivity index (χ3v) is 1.98. The Balaban J connectivity index is 3.78. The quantitative estimate of drug-likeness (QED) is 0.723. The van der Waals surface area contributed by atoms with Crippen molar-refractivity contribution in [3.8, 4) is 0 Å². The van der Waals surface area contributed by atoms with Crippen LogP contribution >= 0.6 is 0 Å². The van der Waals surface area contributed by atoms with Gasteiger partial charge in [0.05, 0.1) is 0 Å². The molecule has 1 amide bonds. The summed E-state index contributed by atoms with van der Waals surface area (Å²) in [5.74, 6) is 0.647. The van der Waals surface area contributed by atoms with Crippen molar-refractivity contribution in [2.24, 2.45) is 17.1 Å². The van der Waals surface area contributed by atoms with Gasteiger partial charge in [0, 0.05) is 18.0 Å². The van der Waals surface area contributed by atoms with Gasteiger partial charge >= 0.3 is 0 Å². The molecule has 0 bridgehead atoms. The van der Waals surface area contributed by atoms with E-state index in [1.54, 1.807) is 0 Å². The molecule has 14 heavy (non-hydrogen) atoms. The molecule has 0 fully saturated rings. The number of hydrogen-bond donors (Lipinski definition) is 2. The highest BCUT2D eigenvalue weighted by Crippen LogP contribution is 2.12. The number of carbonyl (C=O) groups is 1. The second kappa shape index (κ2) is 5.35. The average molecular weight is 200 g/mol. The molecule has 0 aromatic rings. The molecule has 3 heteroatoms. The third kappa shape index (κ3) is 5.97. The van der Waals surface area contributed by atoms with Crippen LogP contribution < -0.4 is 11.1 Å². The zero-order valence-corrected chi connectivity index (χ0v) is 10.1. The van der Waals surface area contributed by atoms with Crippen molar-refractivity contribution < 1.29 is 4.79 Å². The third-order valence-electron chi connectivity index (χ3n) is 1.98. The zero-order valence-electron chi connectivity index (χ0n) is 10.1. The molecular weight excluding hydrogens is 176 g/mol. The Morgan fingerprint density at radius 1 is 1.36 bits per heavy atom. The van der Waals surface area contributed by atoms with E-state index in [4.69, 9.17) is 5.73 Å². The summed E-state index contributed by atoms with van der Waals surface area (Å²) >= 11 is 0. The number of rotatable bonds is 4. The minimum Gasteiger partial charge on any atom is -0.354 e. The van der Waals surface area contributed by atoms with Gasteiger partial charge in [0.25, 0.3) is 0 Å². The van der Waals surface area contributed by atoms with Crippen LogP contribution in [0.1, 0.15) is 41.0 Å². The monoisotopic (exact) mass is 200 g/mol. The molecule has 3 N–H and O–H groups in total. The van der Waals surface area contributed by atoms with Crippen LogP contribution in [0.15, 0.2) is 0 Å². The molecule has 0 radical (unpaired) electrons. The Labute approximate surface area is 87.4 Å². The Hall–Kier alpha value is -0.570. The van der Waals surface area contributed by atoms with Crippen molar-refractivity contribution in [3.63, 3.8) is 0 Å². The first-order valence-corrected chi connectivity index (χ1v) is 5.27. The maximum atomic E-state index is 11.5. The highest BCUT2D eigenvalue weighted by molar-refractivity contribution is 5.81. The molecule has 0 rings (SSSR count). The number of amides is 1.